The first-order chi connectivity index (χ1) is 20.8. The predicted octanol–water partition coefficient (Wildman–Crippen LogP) is 2.93. The zero-order chi connectivity index (χ0) is 34.7. The summed E-state index contributed by atoms with van der Waals surface area (Å²) in [5, 5.41) is 10.8. The largest absolute Gasteiger partial charge is 0.508 e. The summed E-state index contributed by atoms with van der Waals surface area (Å²) in [4.78, 5) is 79.7. The third-order valence-electron chi connectivity index (χ3n) is 7.97. The number of urea groups is 1. The number of carbonyl (C=O) groups is 6. The molecule has 1 saturated heterocycles. The number of amides is 5. The molecule has 5 amide bonds. The van der Waals surface area contributed by atoms with Gasteiger partial charge in [0, 0.05) is 13.1 Å². The quantitative estimate of drug-likeness (QED) is 0.128. The number of methoxy groups -OCH3 is 1. The summed E-state index contributed by atoms with van der Waals surface area (Å²) < 4.78 is 9.61. The van der Waals surface area contributed by atoms with Crippen LogP contribution in [0.2, 0.25) is 0 Å². The lowest BCUT2D eigenvalue weighted by atomic mass is 9.84. The summed E-state index contributed by atoms with van der Waals surface area (Å²) in [5.74, 6) is -2.73. The Morgan fingerprint density at radius 3 is 2.09 bits per heavy atom. The average molecular weight is 638 g/mol. The van der Waals surface area contributed by atoms with Gasteiger partial charge in [0.25, 0.3) is 5.91 Å². The highest BCUT2D eigenvalue weighted by Gasteiger charge is 2.47. The van der Waals surface area contributed by atoms with Crippen molar-refractivity contribution in [3.63, 3.8) is 0 Å². The van der Waals surface area contributed by atoms with Crippen LogP contribution < -0.4 is 21.3 Å². The summed E-state index contributed by atoms with van der Waals surface area (Å²) in [7, 11) is 1.19. The normalized spacial score (nSPS) is 18.7. The van der Waals surface area contributed by atoms with Crippen LogP contribution in [-0.4, -0.2) is 91.6 Å². The van der Waals surface area contributed by atoms with Crippen LogP contribution >= 0.6 is 0 Å². The summed E-state index contributed by atoms with van der Waals surface area (Å²) in [6.45, 7) is 20.6. The zero-order valence-electron chi connectivity index (χ0n) is 28.7. The number of ether oxygens (including phenoxy) is 2. The maximum Gasteiger partial charge on any atom is 0.508 e. The van der Waals surface area contributed by atoms with E-state index in [0.717, 1.165) is 0 Å². The highest BCUT2D eigenvalue weighted by atomic mass is 16.7. The van der Waals surface area contributed by atoms with Crippen LogP contribution in [0.15, 0.2) is 12.7 Å². The minimum atomic E-state index is -1.05. The molecule has 256 valence electrons. The van der Waals surface area contributed by atoms with Crippen molar-refractivity contribution in [1.82, 2.24) is 26.2 Å². The Morgan fingerprint density at radius 2 is 1.60 bits per heavy atom. The molecule has 1 aliphatic heterocycles. The predicted molar refractivity (Wildman–Crippen MR) is 170 cm³/mol. The van der Waals surface area contributed by atoms with E-state index in [9.17, 15) is 28.8 Å². The number of nitrogens with one attached hydrogen (secondary N) is 4. The third kappa shape index (κ3) is 11.7. The Morgan fingerprint density at radius 1 is 0.978 bits per heavy atom. The molecular formula is C32H55N5O8. The molecule has 45 heavy (non-hydrogen) atoms. The molecule has 0 radical (unpaired) electrons. The summed E-state index contributed by atoms with van der Waals surface area (Å²) in [6, 6.07) is -4.25. The molecular weight excluding hydrogens is 582 g/mol. The first-order valence-electron chi connectivity index (χ1n) is 15.6. The molecule has 1 unspecified atom stereocenters. The molecule has 13 nitrogen and oxygen atoms in total. The highest BCUT2D eigenvalue weighted by molar-refractivity contribution is 6.38. The Hall–Kier alpha value is -3.64. The van der Waals surface area contributed by atoms with Gasteiger partial charge in [-0.15, -0.1) is 6.58 Å². The Kier molecular flexibility index (Phi) is 15.0. The molecule has 13 heteroatoms. The van der Waals surface area contributed by atoms with Gasteiger partial charge in [-0.3, -0.25) is 19.2 Å². The van der Waals surface area contributed by atoms with E-state index in [0.29, 0.717) is 12.8 Å². The second kappa shape index (κ2) is 17.2. The van der Waals surface area contributed by atoms with Crippen LogP contribution in [0.3, 0.4) is 0 Å². The number of likely N-dealkylation sites (tertiary alicyclic amines) is 1. The van der Waals surface area contributed by atoms with Gasteiger partial charge < -0.3 is 35.6 Å². The number of rotatable bonds is 14. The fourth-order valence-corrected chi connectivity index (χ4v) is 5.19. The summed E-state index contributed by atoms with van der Waals surface area (Å²) in [5.41, 5.74) is -1.26. The number of hydrogen-bond acceptors (Lipinski definition) is 8. The van der Waals surface area contributed by atoms with Crippen molar-refractivity contribution in [2.75, 3.05) is 26.8 Å². The van der Waals surface area contributed by atoms with Crippen molar-refractivity contribution < 1.29 is 38.2 Å². The SMILES string of the molecule is C=CCNC(=O)C(=O)C(CCC)NC(=O)[C@@H]1[C@@H](C(C)C)CCN1C(=O)[C@@H](NC(=O)N[C@H](COC(=O)OC)C(C)(C)C)C(C)(C)C. The first kappa shape index (κ1) is 39.4. The molecule has 0 aromatic heterocycles. The maximum absolute atomic E-state index is 14.2. The number of carbonyl (C=O) groups excluding carboxylic acids is 6. The van der Waals surface area contributed by atoms with E-state index in [4.69, 9.17) is 4.74 Å². The number of hydrogen-bond donors (Lipinski definition) is 4. The smallest absolute Gasteiger partial charge is 0.438 e. The molecule has 5 atom stereocenters. The second-order valence-corrected chi connectivity index (χ2v) is 14.0. The minimum absolute atomic E-state index is 0.0291. The Balaban J connectivity index is 3.29. The first-order valence-corrected chi connectivity index (χ1v) is 15.6. The van der Waals surface area contributed by atoms with Crippen LogP contribution in [0.5, 0.6) is 0 Å². The fourth-order valence-electron chi connectivity index (χ4n) is 5.19. The monoisotopic (exact) mass is 637 g/mol. The Labute approximate surface area is 268 Å². The Bertz CT molecular complexity index is 1080. The highest BCUT2D eigenvalue weighted by Crippen LogP contribution is 2.33. The van der Waals surface area contributed by atoms with E-state index < -0.39 is 70.7 Å². The molecule has 0 aromatic carbocycles. The van der Waals surface area contributed by atoms with Crippen molar-refractivity contribution in [2.24, 2.45) is 22.7 Å². The lowest BCUT2D eigenvalue weighted by molar-refractivity contribution is -0.144. The van der Waals surface area contributed by atoms with Crippen molar-refractivity contribution >= 4 is 35.7 Å². The van der Waals surface area contributed by atoms with Gasteiger partial charge in [-0.2, -0.15) is 0 Å². The molecule has 1 fully saturated rings. The molecule has 1 heterocycles. The topological polar surface area (TPSA) is 172 Å². The molecule has 0 aromatic rings. The molecule has 0 saturated carbocycles. The van der Waals surface area contributed by atoms with E-state index in [1.165, 1.54) is 18.1 Å². The van der Waals surface area contributed by atoms with Gasteiger partial charge >= 0.3 is 12.2 Å². The third-order valence-corrected chi connectivity index (χ3v) is 7.97. The van der Waals surface area contributed by atoms with Gasteiger partial charge in [0.1, 0.15) is 18.7 Å². The molecule has 0 spiro atoms. The number of Topliss-reactive ketones (excluding diaryl/α,β-unsaturated/α-hetero) is 1. The standard InChI is InChI=1S/C32H55N5O8/c1-12-14-21(24(38)27(40)33-16-13-2)34-26(39)23-20(19(3)4)15-17-37(23)28(41)25(32(8,9)10)36-29(42)35-22(31(5,6)7)18-45-30(43)44-11/h13,19-23,25H,2,12,14-18H2,1,3-11H3,(H,33,40)(H,34,39)(H2,35,36,42)/t20-,21?,22-,23+,25-/m1/s1. The van der Waals surface area contributed by atoms with Crippen LogP contribution in [0.1, 0.15) is 81.6 Å². The van der Waals surface area contributed by atoms with Crippen LogP contribution in [0.4, 0.5) is 9.59 Å². The maximum atomic E-state index is 14.2. The molecule has 0 aliphatic carbocycles. The van der Waals surface area contributed by atoms with E-state index in [2.05, 4.69) is 32.6 Å². The summed E-state index contributed by atoms with van der Waals surface area (Å²) in [6.07, 6.45) is 1.91. The van der Waals surface area contributed by atoms with Gasteiger partial charge in [-0.1, -0.05) is 74.8 Å². The van der Waals surface area contributed by atoms with Gasteiger partial charge in [0.15, 0.2) is 0 Å². The van der Waals surface area contributed by atoms with Gasteiger partial charge in [-0.05, 0) is 35.5 Å². The van der Waals surface area contributed by atoms with E-state index in [-0.39, 0.29) is 38.0 Å². The lowest BCUT2D eigenvalue weighted by Crippen LogP contribution is -2.62. The van der Waals surface area contributed by atoms with Gasteiger partial charge in [0.05, 0.1) is 19.2 Å². The minimum Gasteiger partial charge on any atom is -0.438 e. The van der Waals surface area contributed by atoms with Gasteiger partial charge in [-0.25, -0.2) is 9.59 Å². The van der Waals surface area contributed by atoms with Crippen LogP contribution in [-0.2, 0) is 28.7 Å². The van der Waals surface area contributed by atoms with Crippen molar-refractivity contribution in [2.45, 2.75) is 106 Å². The molecule has 1 rings (SSSR count). The second-order valence-electron chi connectivity index (χ2n) is 14.0. The zero-order valence-corrected chi connectivity index (χ0v) is 28.7. The fraction of sp³-hybridized carbons (Fsp3) is 0.750. The van der Waals surface area contributed by atoms with Crippen molar-refractivity contribution in [3.05, 3.63) is 12.7 Å². The van der Waals surface area contributed by atoms with Crippen LogP contribution in [0, 0.1) is 22.7 Å². The van der Waals surface area contributed by atoms with Crippen molar-refractivity contribution in [1.29, 1.82) is 0 Å². The summed E-state index contributed by atoms with van der Waals surface area (Å²) >= 11 is 0. The van der Waals surface area contributed by atoms with Crippen LogP contribution in [0.25, 0.3) is 0 Å². The molecule has 0 bridgehead atoms. The van der Waals surface area contributed by atoms with E-state index in [1.807, 2.05) is 41.5 Å². The van der Waals surface area contributed by atoms with Gasteiger partial charge in [0.2, 0.25) is 17.6 Å². The molecule has 4 N–H and O–H groups in total. The van der Waals surface area contributed by atoms with E-state index in [1.54, 1.807) is 20.8 Å². The number of nitrogens with zero attached hydrogens (tertiary/aromatic N) is 1. The van der Waals surface area contributed by atoms with E-state index >= 15 is 0 Å². The lowest BCUT2D eigenvalue weighted by Gasteiger charge is -2.38. The molecule has 1 aliphatic rings. The number of ketones is 1. The average Bonchev–Trinajstić information content (AvgIpc) is 3.40. The van der Waals surface area contributed by atoms with Crippen molar-refractivity contribution in [3.8, 4) is 0 Å².